The predicted molar refractivity (Wildman–Crippen MR) is 139 cm³/mol. The fourth-order valence-electron chi connectivity index (χ4n) is 3.99. The maximum absolute atomic E-state index is 13.6. The van der Waals surface area contributed by atoms with Crippen LogP contribution in [-0.2, 0) is 17.4 Å². The van der Waals surface area contributed by atoms with Crippen molar-refractivity contribution in [2.75, 3.05) is 44.4 Å². The number of nitrogens with one attached hydrogen (secondary N) is 1. The van der Waals surface area contributed by atoms with Crippen molar-refractivity contribution in [3.63, 3.8) is 0 Å². The fraction of sp³-hybridized carbons (Fsp3) is 0.296. The molecule has 1 amide bonds. The molecular weight excluding hydrogens is 481 g/mol. The highest BCUT2D eigenvalue weighted by Crippen LogP contribution is 2.34. The minimum absolute atomic E-state index is 0.0249. The van der Waals surface area contributed by atoms with E-state index in [0.717, 1.165) is 40.1 Å². The summed E-state index contributed by atoms with van der Waals surface area (Å²) in [7, 11) is 5.53. The average Bonchev–Trinajstić information content (AvgIpc) is 3.27. The second-order valence-corrected chi connectivity index (χ2v) is 9.29. The lowest BCUT2D eigenvalue weighted by molar-refractivity contribution is -0.137. The average molecular weight is 511 g/mol. The first-order chi connectivity index (χ1) is 17.5. The Balaban J connectivity index is 1.52. The van der Waals surface area contributed by atoms with Gasteiger partial charge < -0.3 is 15.1 Å². The molecule has 0 aliphatic carbocycles. The molecule has 2 aromatic carbocycles. The first-order valence-corrected chi connectivity index (χ1v) is 11.8. The number of aromatic nitrogens is 3. The van der Waals surface area contributed by atoms with E-state index in [9.17, 15) is 18.0 Å². The number of carbonyl (C=O) groups is 1. The van der Waals surface area contributed by atoms with Crippen molar-refractivity contribution in [1.29, 1.82) is 0 Å². The van der Waals surface area contributed by atoms with Crippen molar-refractivity contribution < 1.29 is 18.0 Å². The number of anilines is 2. The molecule has 194 valence electrons. The number of amides is 1. The number of benzene rings is 2. The summed E-state index contributed by atoms with van der Waals surface area (Å²) < 4.78 is 42.6. The summed E-state index contributed by atoms with van der Waals surface area (Å²) in [5.41, 5.74) is 3.68. The summed E-state index contributed by atoms with van der Waals surface area (Å²) in [6.45, 7) is 3.10. The van der Waals surface area contributed by atoms with Crippen LogP contribution in [0.1, 0.15) is 16.7 Å². The smallest absolute Gasteiger partial charge is 0.373 e. The zero-order valence-electron chi connectivity index (χ0n) is 21.2. The van der Waals surface area contributed by atoms with Gasteiger partial charge in [-0.1, -0.05) is 6.07 Å². The number of fused-ring (bicyclic) bond motifs is 1. The van der Waals surface area contributed by atoms with E-state index in [2.05, 4.69) is 15.3 Å². The SMILES string of the molecule is Cc1cc(-n2cnc3cccnc32)ccc1CC(=O)Nc1cc(N(C)CCN(C)C)cc(C(F)(F)F)c1. The number of aryl methyl sites for hydroxylation is 1. The first kappa shape index (κ1) is 26.2. The van der Waals surface area contributed by atoms with Crippen LogP contribution in [0, 0.1) is 6.92 Å². The Labute approximate surface area is 213 Å². The first-order valence-electron chi connectivity index (χ1n) is 11.8. The number of hydrogen-bond donors (Lipinski definition) is 1. The van der Waals surface area contributed by atoms with Crippen molar-refractivity contribution in [2.24, 2.45) is 0 Å². The third-order valence-electron chi connectivity index (χ3n) is 6.11. The molecule has 0 aliphatic heterocycles. The van der Waals surface area contributed by atoms with Crippen LogP contribution in [0.2, 0.25) is 0 Å². The highest BCUT2D eigenvalue weighted by Gasteiger charge is 2.31. The van der Waals surface area contributed by atoms with Crippen LogP contribution in [0.3, 0.4) is 0 Å². The Bertz CT molecular complexity index is 1410. The summed E-state index contributed by atoms with van der Waals surface area (Å²) in [4.78, 5) is 25.3. The zero-order valence-corrected chi connectivity index (χ0v) is 21.2. The third kappa shape index (κ3) is 6.26. The summed E-state index contributed by atoms with van der Waals surface area (Å²) in [5.74, 6) is -0.396. The molecule has 0 unspecified atom stereocenters. The topological polar surface area (TPSA) is 66.3 Å². The Morgan fingerprint density at radius 2 is 1.81 bits per heavy atom. The lowest BCUT2D eigenvalue weighted by Gasteiger charge is -2.23. The zero-order chi connectivity index (χ0) is 26.7. The molecule has 1 N–H and O–H groups in total. The van der Waals surface area contributed by atoms with E-state index in [1.54, 1.807) is 30.5 Å². The number of pyridine rings is 1. The molecular formula is C27H29F3N6O. The van der Waals surface area contributed by atoms with Crippen LogP contribution in [0.4, 0.5) is 24.5 Å². The molecule has 37 heavy (non-hydrogen) atoms. The molecule has 10 heteroatoms. The summed E-state index contributed by atoms with van der Waals surface area (Å²) in [6, 6.07) is 13.0. The van der Waals surface area contributed by atoms with E-state index in [4.69, 9.17) is 0 Å². The van der Waals surface area contributed by atoms with E-state index in [1.807, 2.05) is 60.8 Å². The van der Waals surface area contributed by atoms with Crippen molar-refractivity contribution in [3.05, 3.63) is 77.7 Å². The standard InChI is InChI=1S/C27H29F3N6O/c1-18-12-22(36-17-32-24-6-5-9-31-26(24)36)8-7-19(18)13-25(37)33-21-14-20(27(28,29)30)15-23(16-21)35(4)11-10-34(2)3/h5-9,12,14-17H,10-11,13H2,1-4H3,(H,33,37). The van der Waals surface area contributed by atoms with Crippen LogP contribution < -0.4 is 10.2 Å². The van der Waals surface area contributed by atoms with Gasteiger partial charge in [0.1, 0.15) is 11.8 Å². The second-order valence-electron chi connectivity index (χ2n) is 9.29. The lowest BCUT2D eigenvalue weighted by Crippen LogP contribution is -2.28. The van der Waals surface area contributed by atoms with Gasteiger partial charge in [-0.05, 0) is 74.6 Å². The molecule has 2 heterocycles. The van der Waals surface area contributed by atoms with Gasteiger partial charge in [0, 0.05) is 43.4 Å². The summed E-state index contributed by atoms with van der Waals surface area (Å²) in [5, 5.41) is 2.66. The van der Waals surface area contributed by atoms with Crippen LogP contribution in [0.15, 0.2) is 61.1 Å². The molecule has 0 fully saturated rings. The van der Waals surface area contributed by atoms with Gasteiger partial charge in [-0.25, -0.2) is 9.97 Å². The Morgan fingerprint density at radius 1 is 1.03 bits per heavy atom. The number of hydrogen-bond acceptors (Lipinski definition) is 5. The van der Waals surface area contributed by atoms with E-state index in [0.29, 0.717) is 18.8 Å². The van der Waals surface area contributed by atoms with Gasteiger partial charge >= 0.3 is 6.18 Å². The fourth-order valence-corrected chi connectivity index (χ4v) is 3.99. The summed E-state index contributed by atoms with van der Waals surface area (Å²) in [6.07, 6.45) is -1.11. The maximum Gasteiger partial charge on any atom is 0.416 e. The number of halogens is 3. The Morgan fingerprint density at radius 3 is 2.51 bits per heavy atom. The molecule has 2 aromatic heterocycles. The number of nitrogens with zero attached hydrogens (tertiary/aromatic N) is 5. The molecule has 0 bridgehead atoms. The predicted octanol–water partition coefficient (Wildman–Crippen LogP) is 4.93. The summed E-state index contributed by atoms with van der Waals surface area (Å²) >= 11 is 0. The van der Waals surface area contributed by atoms with Gasteiger partial charge in [-0.3, -0.25) is 9.36 Å². The second kappa shape index (κ2) is 10.6. The molecule has 0 spiro atoms. The van der Waals surface area contributed by atoms with Crippen molar-refractivity contribution in [2.45, 2.75) is 19.5 Å². The molecule has 7 nitrogen and oxygen atoms in total. The molecule has 0 radical (unpaired) electrons. The van der Waals surface area contributed by atoms with Crippen LogP contribution in [0.25, 0.3) is 16.9 Å². The molecule has 0 saturated heterocycles. The Kier molecular flexibility index (Phi) is 7.49. The van der Waals surface area contributed by atoms with Gasteiger partial charge in [0.15, 0.2) is 5.65 Å². The van der Waals surface area contributed by atoms with Crippen molar-refractivity contribution in [1.82, 2.24) is 19.4 Å². The highest BCUT2D eigenvalue weighted by molar-refractivity contribution is 5.93. The molecule has 0 saturated carbocycles. The number of alkyl halides is 3. The van der Waals surface area contributed by atoms with Gasteiger partial charge in [0.2, 0.25) is 5.91 Å². The van der Waals surface area contributed by atoms with E-state index < -0.39 is 17.6 Å². The maximum atomic E-state index is 13.6. The largest absolute Gasteiger partial charge is 0.416 e. The molecule has 0 aliphatic rings. The van der Waals surface area contributed by atoms with Crippen molar-refractivity contribution >= 4 is 28.4 Å². The molecule has 0 atom stereocenters. The minimum Gasteiger partial charge on any atom is -0.373 e. The number of rotatable bonds is 8. The van der Waals surface area contributed by atoms with Crippen LogP contribution >= 0.6 is 0 Å². The number of likely N-dealkylation sites (N-methyl/N-ethyl adjacent to an activating group) is 2. The van der Waals surface area contributed by atoms with E-state index in [1.165, 1.54) is 0 Å². The lowest BCUT2D eigenvalue weighted by atomic mass is 10.0. The molecule has 4 rings (SSSR count). The molecule has 4 aromatic rings. The van der Waals surface area contributed by atoms with Gasteiger partial charge in [-0.2, -0.15) is 13.2 Å². The van der Waals surface area contributed by atoms with E-state index >= 15 is 0 Å². The third-order valence-corrected chi connectivity index (χ3v) is 6.11. The van der Waals surface area contributed by atoms with Crippen LogP contribution in [0.5, 0.6) is 0 Å². The number of carbonyl (C=O) groups excluding carboxylic acids is 1. The monoisotopic (exact) mass is 510 g/mol. The van der Waals surface area contributed by atoms with Gasteiger partial charge in [-0.15, -0.1) is 0 Å². The van der Waals surface area contributed by atoms with E-state index in [-0.39, 0.29) is 12.1 Å². The van der Waals surface area contributed by atoms with Crippen LogP contribution in [-0.4, -0.2) is 59.6 Å². The minimum atomic E-state index is -4.53. The van der Waals surface area contributed by atoms with Gasteiger partial charge in [0.25, 0.3) is 0 Å². The Hall–Kier alpha value is -3.92. The normalized spacial score (nSPS) is 11.8. The number of imidazole rings is 1. The van der Waals surface area contributed by atoms with Gasteiger partial charge in [0.05, 0.1) is 12.0 Å². The van der Waals surface area contributed by atoms with Crippen molar-refractivity contribution in [3.8, 4) is 5.69 Å². The quantitative estimate of drug-likeness (QED) is 0.364. The highest BCUT2D eigenvalue weighted by atomic mass is 19.4.